The third kappa shape index (κ3) is 7.58. The minimum atomic E-state index is -3.91. The lowest BCUT2D eigenvalue weighted by Crippen LogP contribution is -2.21. The zero-order chi connectivity index (χ0) is 25.1. The molecule has 35 heavy (non-hydrogen) atoms. The van der Waals surface area contributed by atoms with Crippen LogP contribution in [0.1, 0.15) is 42.6 Å². The van der Waals surface area contributed by atoms with E-state index in [4.69, 9.17) is 9.47 Å². The van der Waals surface area contributed by atoms with Gasteiger partial charge in [0, 0.05) is 0 Å². The topological polar surface area (TPSA) is 106 Å². The van der Waals surface area contributed by atoms with Crippen LogP contribution >= 0.6 is 0 Å². The van der Waals surface area contributed by atoms with Crippen molar-refractivity contribution in [2.75, 3.05) is 17.9 Å². The molecule has 0 spiro atoms. The van der Waals surface area contributed by atoms with Crippen molar-refractivity contribution in [2.45, 2.75) is 31.6 Å². The van der Waals surface area contributed by atoms with Crippen LogP contribution in [0.5, 0.6) is 11.5 Å². The SMILES string of the molecule is CCCCOc1ccc(C=NNC(=O)c2ccccc2NS(=O)(=O)c2ccc(OCC)cc2)cc1. The second-order valence-electron chi connectivity index (χ2n) is 7.53. The van der Waals surface area contributed by atoms with Crippen LogP contribution < -0.4 is 19.6 Å². The van der Waals surface area contributed by atoms with Gasteiger partial charge < -0.3 is 9.47 Å². The first kappa shape index (κ1) is 25.8. The number of hydrogen-bond donors (Lipinski definition) is 2. The number of hydrogen-bond acceptors (Lipinski definition) is 6. The van der Waals surface area contributed by atoms with Crippen molar-refractivity contribution in [1.29, 1.82) is 0 Å². The highest BCUT2D eigenvalue weighted by atomic mass is 32.2. The van der Waals surface area contributed by atoms with Gasteiger partial charge in [0.15, 0.2) is 0 Å². The van der Waals surface area contributed by atoms with Crippen molar-refractivity contribution < 1.29 is 22.7 Å². The summed E-state index contributed by atoms with van der Waals surface area (Å²) in [4.78, 5) is 12.8. The molecule has 0 radical (unpaired) electrons. The number of sulfonamides is 1. The van der Waals surface area contributed by atoms with Crippen molar-refractivity contribution in [3.63, 3.8) is 0 Å². The van der Waals surface area contributed by atoms with E-state index >= 15 is 0 Å². The molecule has 9 heteroatoms. The Morgan fingerprint density at radius 3 is 2.26 bits per heavy atom. The summed E-state index contributed by atoms with van der Waals surface area (Å²) in [6.07, 6.45) is 3.56. The Kier molecular flexibility index (Phi) is 9.25. The minimum Gasteiger partial charge on any atom is -0.494 e. The van der Waals surface area contributed by atoms with E-state index in [1.165, 1.54) is 30.5 Å². The number of rotatable bonds is 12. The number of benzene rings is 3. The van der Waals surface area contributed by atoms with E-state index in [9.17, 15) is 13.2 Å². The van der Waals surface area contributed by atoms with Crippen LogP contribution in [0.25, 0.3) is 0 Å². The molecule has 0 bridgehead atoms. The molecule has 0 saturated heterocycles. The fourth-order valence-electron chi connectivity index (χ4n) is 3.07. The molecule has 2 N–H and O–H groups in total. The highest BCUT2D eigenvalue weighted by molar-refractivity contribution is 7.92. The number of amides is 1. The lowest BCUT2D eigenvalue weighted by atomic mass is 10.2. The molecule has 0 aliphatic rings. The van der Waals surface area contributed by atoms with E-state index in [2.05, 4.69) is 22.2 Å². The van der Waals surface area contributed by atoms with E-state index in [0.717, 1.165) is 24.2 Å². The van der Waals surface area contributed by atoms with E-state index in [1.54, 1.807) is 24.3 Å². The van der Waals surface area contributed by atoms with Crippen LogP contribution in [0.2, 0.25) is 0 Å². The van der Waals surface area contributed by atoms with Gasteiger partial charge in [-0.2, -0.15) is 5.10 Å². The second-order valence-corrected chi connectivity index (χ2v) is 9.21. The molecule has 0 aliphatic heterocycles. The third-order valence-electron chi connectivity index (χ3n) is 4.89. The molecule has 1 amide bonds. The van der Waals surface area contributed by atoms with E-state index in [0.29, 0.717) is 19.0 Å². The molecule has 0 fully saturated rings. The van der Waals surface area contributed by atoms with Crippen molar-refractivity contribution >= 4 is 27.8 Å². The second kappa shape index (κ2) is 12.6. The van der Waals surface area contributed by atoms with Gasteiger partial charge in [-0.25, -0.2) is 13.8 Å². The first-order chi connectivity index (χ1) is 16.9. The first-order valence-electron chi connectivity index (χ1n) is 11.3. The van der Waals surface area contributed by atoms with Crippen LogP contribution in [0.3, 0.4) is 0 Å². The molecule has 3 aromatic rings. The predicted molar refractivity (Wildman–Crippen MR) is 137 cm³/mol. The first-order valence-corrected chi connectivity index (χ1v) is 12.8. The van der Waals surface area contributed by atoms with Gasteiger partial charge in [-0.05, 0) is 79.6 Å². The summed E-state index contributed by atoms with van der Waals surface area (Å²) >= 11 is 0. The summed E-state index contributed by atoms with van der Waals surface area (Å²) in [6.45, 7) is 5.10. The number of nitrogens with one attached hydrogen (secondary N) is 2. The van der Waals surface area contributed by atoms with Crippen LogP contribution in [-0.4, -0.2) is 33.8 Å². The summed E-state index contributed by atoms with van der Waals surface area (Å²) in [5.74, 6) is 0.793. The van der Waals surface area contributed by atoms with Crippen LogP contribution in [0, 0.1) is 0 Å². The van der Waals surface area contributed by atoms with Crippen molar-refractivity contribution in [1.82, 2.24) is 5.43 Å². The van der Waals surface area contributed by atoms with E-state index < -0.39 is 15.9 Å². The van der Waals surface area contributed by atoms with Gasteiger partial charge in [-0.1, -0.05) is 25.5 Å². The predicted octanol–water partition coefficient (Wildman–Crippen LogP) is 4.83. The molecule has 0 saturated carbocycles. The average Bonchev–Trinajstić information content (AvgIpc) is 2.86. The minimum absolute atomic E-state index is 0.0521. The van der Waals surface area contributed by atoms with Gasteiger partial charge in [0.05, 0.1) is 35.6 Å². The molecule has 0 heterocycles. The zero-order valence-electron chi connectivity index (χ0n) is 19.7. The van der Waals surface area contributed by atoms with Gasteiger partial charge in [-0.3, -0.25) is 9.52 Å². The Morgan fingerprint density at radius 1 is 0.914 bits per heavy atom. The van der Waals surface area contributed by atoms with Gasteiger partial charge in [0.25, 0.3) is 15.9 Å². The van der Waals surface area contributed by atoms with E-state index in [-0.39, 0.29) is 16.1 Å². The number of anilines is 1. The summed E-state index contributed by atoms with van der Waals surface area (Å²) in [5, 5.41) is 3.99. The standard InChI is InChI=1S/C26H29N3O5S/c1-3-5-18-34-22-12-10-20(11-13-22)19-27-28-26(30)24-8-6-7-9-25(24)29-35(31,32)23-16-14-21(15-17-23)33-4-2/h6-17,19,29H,3-5,18H2,1-2H3,(H,28,30). The number of para-hydroxylation sites is 1. The molecule has 3 aromatic carbocycles. The maximum atomic E-state index is 12.8. The Hall–Kier alpha value is -3.85. The summed E-state index contributed by atoms with van der Waals surface area (Å²) in [7, 11) is -3.91. The Balaban J connectivity index is 1.65. The lowest BCUT2D eigenvalue weighted by Gasteiger charge is -2.12. The van der Waals surface area contributed by atoms with Crippen molar-refractivity contribution in [3.05, 3.63) is 83.9 Å². The fourth-order valence-corrected chi connectivity index (χ4v) is 4.15. The molecule has 8 nitrogen and oxygen atoms in total. The molecule has 3 rings (SSSR count). The van der Waals surface area contributed by atoms with E-state index in [1.807, 2.05) is 31.2 Å². The molecule has 0 unspecified atom stereocenters. The van der Waals surface area contributed by atoms with Crippen LogP contribution in [-0.2, 0) is 10.0 Å². The zero-order valence-corrected chi connectivity index (χ0v) is 20.5. The largest absolute Gasteiger partial charge is 0.494 e. The Bertz CT molecular complexity index is 1240. The van der Waals surface area contributed by atoms with Gasteiger partial charge in [0.2, 0.25) is 0 Å². The smallest absolute Gasteiger partial charge is 0.273 e. The fraction of sp³-hybridized carbons (Fsp3) is 0.231. The Morgan fingerprint density at radius 2 is 1.57 bits per heavy atom. The van der Waals surface area contributed by atoms with Crippen LogP contribution in [0.15, 0.2) is 82.8 Å². The summed E-state index contributed by atoms with van der Waals surface area (Å²) in [5.41, 5.74) is 3.49. The maximum Gasteiger partial charge on any atom is 0.273 e. The number of hydrazone groups is 1. The molecule has 0 aromatic heterocycles. The monoisotopic (exact) mass is 495 g/mol. The number of unbranched alkanes of at least 4 members (excludes halogenated alkanes) is 1. The maximum absolute atomic E-state index is 12.8. The molecule has 0 atom stereocenters. The third-order valence-corrected chi connectivity index (χ3v) is 6.27. The van der Waals surface area contributed by atoms with Crippen LogP contribution in [0.4, 0.5) is 5.69 Å². The normalized spacial score (nSPS) is 11.3. The highest BCUT2D eigenvalue weighted by Crippen LogP contribution is 2.22. The molecular weight excluding hydrogens is 466 g/mol. The Labute approximate surface area is 206 Å². The number of carbonyl (C=O) groups excluding carboxylic acids is 1. The molecule has 184 valence electrons. The quantitative estimate of drug-likeness (QED) is 0.213. The molecular formula is C26H29N3O5S. The lowest BCUT2D eigenvalue weighted by molar-refractivity contribution is 0.0956. The highest BCUT2D eigenvalue weighted by Gasteiger charge is 2.18. The van der Waals surface area contributed by atoms with Crippen molar-refractivity contribution in [2.24, 2.45) is 5.10 Å². The summed E-state index contributed by atoms with van der Waals surface area (Å²) < 4.78 is 39.1. The number of carbonyl (C=O) groups is 1. The molecule has 0 aliphatic carbocycles. The average molecular weight is 496 g/mol. The summed E-state index contributed by atoms with van der Waals surface area (Å²) in [6, 6.07) is 19.7. The van der Waals surface area contributed by atoms with Gasteiger partial charge >= 0.3 is 0 Å². The van der Waals surface area contributed by atoms with Gasteiger partial charge in [0.1, 0.15) is 11.5 Å². The van der Waals surface area contributed by atoms with Gasteiger partial charge in [-0.15, -0.1) is 0 Å². The number of nitrogens with zero attached hydrogens (tertiary/aromatic N) is 1. The van der Waals surface area contributed by atoms with Crippen molar-refractivity contribution in [3.8, 4) is 11.5 Å². The number of ether oxygens (including phenoxy) is 2.